The van der Waals surface area contributed by atoms with Crippen LogP contribution in [0, 0.1) is 0 Å². The van der Waals surface area contributed by atoms with Crippen LogP contribution in [-0.2, 0) is 0 Å². The molecule has 88 valence electrons. The van der Waals surface area contributed by atoms with Crippen molar-refractivity contribution < 1.29 is 10.2 Å². The number of phenolic OH excluding ortho intramolecular Hbond substituents is 1. The fraction of sp³-hybridized carbons (Fsp3) is 0.500. The molecule has 1 aromatic rings. The molecule has 4 heteroatoms. The van der Waals surface area contributed by atoms with E-state index in [1.807, 2.05) is 17.8 Å². The number of rotatable bonds is 2. The van der Waals surface area contributed by atoms with Gasteiger partial charge in [-0.05, 0) is 13.0 Å². The molecule has 1 aliphatic rings. The summed E-state index contributed by atoms with van der Waals surface area (Å²) in [6, 6.07) is 5.52. The molecule has 2 rings (SSSR count). The van der Waals surface area contributed by atoms with Crippen molar-refractivity contribution in [3.8, 4) is 5.75 Å². The second kappa shape index (κ2) is 4.97. The maximum Gasteiger partial charge on any atom is 0.123 e. The molecule has 0 amide bonds. The predicted molar refractivity (Wildman–Crippen MR) is 68.3 cm³/mol. The smallest absolute Gasteiger partial charge is 0.123 e. The van der Waals surface area contributed by atoms with Crippen molar-refractivity contribution in [3.05, 3.63) is 23.8 Å². The van der Waals surface area contributed by atoms with E-state index < -0.39 is 6.10 Å². The summed E-state index contributed by atoms with van der Waals surface area (Å²) in [5, 5.41) is 19.2. The van der Waals surface area contributed by atoms with Gasteiger partial charge in [0, 0.05) is 41.9 Å². The quantitative estimate of drug-likeness (QED) is 0.828. The molecule has 1 fully saturated rings. The normalized spacial score (nSPS) is 18.5. The molecule has 1 unspecified atom stereocenters. The van der Waals surface area contributed by atoms with E-state index in [-0.39, 0.29) is 5.75 Å². The lowest BCUT2D eigenvalue weighted by molar-refractivity contribution is 0.195. The van der Waals surface area contributed by atoms with Crippen LogP contribution in [0.25, 0.3) is 0 Å². The summed E-state index contributed by atoms with van der Waals surface area (Å²) < 4.78 is 0. The Morgan fingerprint density at radius 2 is 2.00 bits per heavy atom. The van der Waals surface area contributed by atoms with Crippen molar-refractivity contribution in [3.63, 3.8) is 0 Å². The highest BCUT2D eigenvalue weighted by Crippen LogP contribution is 2.29. The zero-order valence-corrected chi connectivity index (χ0v) is 10.2. The van der Waals surface area contributed by atoms with E-state index in [2.05, 4.69) is 4.90 Å². The molecule has 16 heavy (non-hydrogen) atoms. The van der Waals surface area contributed by atoms with Crippen molar-refractivity contribution in [1.82, 2.24) is 0 Å². The van der Waals surface area contributed by atoms with Crippen molar-refractivity contribution in [2.75, 3.05) is 29.5 Å². The molecule has 2 N–H and O–H groups in total. The fourth-order valence-electron chi connectivity index (χ4n) is 1.90. The van der Waals surface area contributed by atoms with Crippen LogP contribution in [0.2, 0.25) is 0 Å². The molecule has 0 spiro atoms. The van der Waals surface area contributed by atoms with Gasteiger partial charge >= 0.3 is 0 Å². The number of phenols is 1. The van der Waals surface area contributed by atoms with Crippen LogP contribution < -0.4 is 4.90 Å². The van der Waals surface area contributed by atoms with Crippen LogP contribution in [0.3, 0.4) is 0 Å². The lowest BCUT2D eigenvalue weighted by Gasteiger charge is -2.28. The minimum Gasteiger partial charge on any atom is -0.507 e. The summed E-state index contributed by atoms with van der Waals surface area (Å²) >= 11 is 1.96. The minimum absolute atomic E-state index is 0.186. The van der Waals surface area contributed by atoms with Crippen molar-refractivity contribution >= 4 is 17.4 Å². The van der Waals surface area contributed by atoms with Crippen molar-refractivity contribution in [1.29, 1.82) is 0 Å². The average Bonchev–Trinajstić information content (AvgIpc) is 2.29. The van der Waals surface area contributed by atoms with Gasteiger partial charge in [-0.2, -0.15) is 11.8 Å². The highest BCUT2D eigenvalue weighted by Gasteiger charge is 2.14. The second-order valence-corrected chi connectivity index (χ2v) is 5.24. The third kappa shape index (κ3) is 2.44. The molecule has 0 aromatic heterocycles. The summed E-state index contributed by atoms with van der Waals surface area (Å²) in [6.45, 7) is 3.71. The molecule has 1 heterocycles. The summed E-state index contributed by atoms with van der Waals surface area (Å²) in [5.41, 5.74) is 1.64. The Morgan fingerprint density at radius 1 is 1.31 bits per heavy atom. The summed E-state index contributed by atoms with van der Waals surface area (Å²) in [7, 11) is 0. The maximum atomic E-state index is 9.80. The fourth-order valence-corrected chi connectivity index (χ4v) is 2.81. The first-order valence-electron chi connectivity index (χ1n) is 5.52. The van der Waals surface area contributed by atoms with Crippen molar-refractivity contribution in [2.24, 2.45) is 0 Å². The number of aromatic hydroxyl groups is 1. The minimum atomic E-state index is -0.619. The highest BCUT2D eigenvalue weighted by atomic mass is 32.2. The highest BCUT2D eigenvalue weighted by molar-refractivity contribution is 7.99. The Kier molecular flexibility index (Phi) is 3.61. The topological polar surface area (TPSA) is 43.7 Å². The third-order valence-corrected chi connectivity index (χ3v) is 3.78. The summed E-state index contributed by atoms with van der Waals surface area (Å²) in [4.78, 5) is 2.27. The van der Waals surface area contributed by atoms with E-state index in [4.69, 9.17) is 0 Å². The molecule has 0 saturated carbocycles. The number of aliphatic hydroxyl groups is 1. The molecule has 1 aliphatic heterocycles. The zero-order valence-electron chi connectivity index (χ0n) is 9.39. The SMILES string of the molecule is CC(O)c1ccc(N2CCSCC2)cc1O. The molecule has 1 aromatic carbocycles. The van der Waals surface area contributed by atoms with Crippen LogP contribution in [0.15, 0.2) is 18.2 Å². The number of thioether (sulfide) groups is 1. The van der Waals surface area contributed by atoms with Crippen molar-refractivity contribution in [2.45, 2.75) is 13.0 Å². The van der Waals surface area contributed by atoms with Gasteiger partial charge in [-0.15, -0.1) is 0 Å². The molecule has 0 bridgehead atoms. The Bertz CT molecular complexity index is 362. The lowest BCUT2D eigenvalue weighted by atomic mass is 10.1. The van der Waals surface area contributed by atoms with Gasteiger partial charge in [0.1, 0.15) is 5.75 Å². The number of hydrogen-bond donors (Lipinski definition) is 2. The van der Waals surface area contributed by atoms with Crippen LogP contribution in [0.4, 0.5) is 5.69 Å². The Labute approximate surface area is 100 Å². The molecule has 0 aliphatic carbocycles. The Morgan fingerprint density at radius 3 is 2.56 bits per heavy atom. The standard InChI is InChI=1S/C12H17NO2S/c1-9(14)11-3-2-10(8-12(11)15)13-4-6-16-7-5-13/h2-3,8-9,14-15H,4-7H2,1H3. The zero-order chi connectivity index (χ0) is 11.5. The van der Waals surface area contributed by atoms with Gasteiger partial charge in [0.05, 0.1) is 6.10 Å². The number of nitrogens with zero attached hydrogens (tertiary/aromatic N) is 1. The maximum absolute atomic E-state index is 9.80. The first-order valence-corrected chi connectivity index (χ1v) is 6.67. The van der Waals surface area contributed by atoms with E-state index in [0.717, 1.165) is 30.3 Å². The van der Waals surface area contributed by atoms with Gasteiger partial charge in [0.2, 0.25) is 0 Å². The third-order valence-electron chi connectivity index (χ3n) is 2.84. The van der Waals surface area contributed by atoms with E-state index >= 15 is 0 Å². The second-order valence-electron chi connectivity index (χ2n) is 4.02. The van der Waals surface area contributed by atoms with Gasteiger partial charge in [0.25, 0.3) is 0 Å². The van der Waals surface area contributed by atoms with Crippen LogP contribution in [0.1, 0.15) is 18.6 Å². The molecular weight excluding hydrogens is 222 g/mol. The molecule has 1 saturated heterocycles. The molecule has 1 atom stereocenters. The van der Waals surface area contributed by atoms with Gasteiger partial charge in [0.15, 0.2) is 0 Å². The average molecular weight is 239 g/mol. The first kappa shape index (κ1) is 11.6. The monoisotopic (exact) mass is 239 g/mol. The Balaban J connectivity index is 2.19. The largest absolute Gasteiger partial charge is 0.507 e. The first-order chi connectivity index (χ1) is 7.68. The lowest BCUT2D eigenvalue weighted by Crippen LogP contribution is -2.32. The number of anilines is 1. The number of benzene rings is 1. The van der Waals surface area contributed by atoms with E-state index in [1.54, 1.807) is 19.1 Å². The van der Waals surface area contributed by atoms with E-state index in [9.17, 15) is 10.2 Å². The van der Waals surface area contributed by atoms with Crippen LogP contribution >= 0.6 is 11.8 Å². The van der Waals surface area contributed by atoms with Gasteiger partial charge in [-0.1, -0.05) is 6.07 Å². The Hall–Kier alpha value is -0.870. The molecule has 3 nitrogen and oxygen atoms in total. The number of hydrogen-bond acceptors (Lipinski definition) is 4. The van der Waals surface area contributed by atoms with E-state index in [0.29, 0.717) is 5.56 Å². The van der Waals surface area contributed by atoms with Gasteiger partial charge in [-0.25, -0.2) is 0 Å². The predicted octanol–water partition coefficient (Wildman–Crippen LogP) is 2.00. The van der Waals surface area contributed by atoms with Gasteiger partial charge in [-0.3, -0.25) is 0 Å². The summed E-state index contributed by atoms with van der Waals surface area (Å²) in [6.07, 6.45) is -0.619. The van der Waals surface area contributed by atoms with Crippen LogP contribution in [0.5, 0.6) is 5.75 Å². The molecule has 0 radical (unpaired) electrons. The van der Waals surface area contributed by atoms with E-state index in [1.165, 1.54) is 0 Å². The van der Waals surface area contributed by atoms with Gasteiger partial charge < -0.3 is 15.1 Å². The number of aliphatic hydroxyl groups excluding tert-OH is 1. The molecular formula is C12H17NO2S. The summed E-state index contributed by atoms with van der Waals surface area (Å²) in [5.74, 6) is 2.46. The van der Waals surface area contributed by atoms with Crippen LogP contribution in [-0.4, -0.2) is 34.8 Å².